The van der Waals surface area contributed by atoms with E-state index in [1.807, 2.05) is 0 Å². The van der Waals surface area contributed by atoms with Crippen LogP contribution in [-0.4, -0.2) is 17.0 Å². The molecule has 17 heavy (non-hydrogen) atoms. The molecule has 1 aliphatic carbocycles. The lowest BCUT2D eigenvalue weighted by Gasteiger charge is -2.06. The third-order valence-electron chi connectivity index (χ3n) is 2.63. The Labute approximate surface area is 105 Å². The van der Waals surface area contributed by atoms with Gasteiger partial charge in [-0.05, 0) is 40.5 Å². The molecule has 90 valence electrons. The summed E-state index contributed by atoms with van der Waals surface area (Å²) in [6, 6.07) is 3.92. The van der Waals surface area contributed by atoms with Gasteiger partial charge in [0.25, 0.3) is 0 Å². The first-order valence-electron chi connectivity index (χ1n) is 4.98. The van der Waals surface area contributed by atoms with E-state index in [2.05, 4.69) is 21.2 Å². The molecule has 2 rings (SSSR count). The van der Waals surface area contributed by atoms with Crippen molar-refractivity contribution in [3.05, 3.63) is 28.5 Å². The summed E-state index contributed by atoms with van der Waals surface area (Å²) in [4.78, 5) is 22.2. The highest BCUT2D eigenvalue weighted by Crippen LogP contribution is 2.39. The fourth-order valence-corrected chi connectivity index (χ4v) is 1.92. The normalized spacial score (nSPS) is 22.0. The number of hydrogen-bond donors (Lipinski definition) is 2. The predicted octanol–water partition coefficient (Wildman–Crippen LogP) is 2.25. The van der Waals surface area contributed by atoms with E-state index in [0.717, 1.165) is 0 Å². The molecule has 1 aromatic rings. The van der Waals surface area contributed by atoms with Crippen LogP contribution in [0.15, 0.2) is 22.7 Å². The number of rotatable bonds is 3. The fraction of sp³-hybridized carbons (Fsp3) is 0.273. The number of carbonyl (C=O) groups excluding carboxylic acids is 1. The van der Waals surface area contributed by atoms with Crippen LogP contribution >= 0.6 is 15.9 Å². The number of hydrogen-bond acceptors (Lipinski definition) is 2. The lowest BCUT2D eigenvalue weighted by Crippen LogP contribution is -2.17. The van der Waals surface area contributed by atoms with Gasteiger partial charge < -0.3 is 10.4 Å². The predicted molar refractivity (Wildman–Crippen MR) is 62.0 cm³/mol. The van der Waals surface area contributed by atoms with E-state index in [1.165, 1.54) is 18.2 Å². The number of anilines is 1. The highest BCUT2D eigenvalue weighted by atomic mass is 79.9. The van der Waals surface area contributed by atoms with Gasteiger partial charge in [-0.3, -0.25) is 9.59 Å². The lowest BCUT2D eigenvalue weighted by molar-refractivity contribution is -0.139. The zero-order valence-corrected chi connectivity index (χ0v) is 10.2. The maximum Gasteiger partial charge on any atom is 0.307 e. The Hall–Kier alpha value is -1.43. The molecule has 1 aromatic carbocycles. The van der Waals surface area contributed by atoms with E-state index >= 15 is 0 Å². The number of amides is 1. The summed E-state index contributed by atoms with van der Waals surface area (Å²) >= 11 is 3.17. The zero-order chi connectivity index (χ0) is 12.6. The molecule has 2 atom stereocenters. The van der Waals surface area contributed by atoms with Crippen LogP contribution in [0.5, 0.6) is 0 Å². The minimum atomic E-state index is -0.969. The second kappa shape index (κ2) is 4.44. The van der Waals surface area contributed by atoms with Crippen LogP contribution in [0.2, 0.25) is 0 Å². The number of carbonyl (C=O) groups is 2. The van der Waals surface area contributed by atoms with Crippen molar-refractivity contribution in [3.63, 3.8) is 0 Å². The van der Waals surface area contributed by atoms with Crippen molar-refractivity contribution in [3.8, 4) is 0 Å². The first kappa shape index (κ1) is 12.0. The van der Waals surface area contributed by atoms with E-state index in [1.54, 1.807) is 0 Å². The van der Waals surface area contributed by atoms with Crippen LogP contribution < -0.4 is 5.32 Å². The molecule has 0 saturated heterocycles. The lowest BCUT2D eigenvalue weighted by atomic mass is 10.2. The van der Waals surface area contributed by atoms with Crippen molar-refractivity contribution in [1.82, 2.24) is 0 Å². The van der Waals surface area contributed by atoms with Crippen LogP contribution in [0.25, 0.3) is 0 Å². The standard InChI is InChI=1S/C11H9BrFNO3/c12-8-2-1-5(13)3-9(8)14-10(15)6-4-7(6)11(16)17/h1-3,6-7H,4H2,(H,14,15)(H,16,17)/t6-,7-/m0/s1. The first-order chi connectivity index (χ1) is 7.99. The molecule has 0 bridgehead atoms. The summed E-state index contributed by atoms with van der Waals surface area (Å²) in [6.45, 7) is 0. The topological polar surface area (TPSA) is 66.4 Å². The second-order valence-corrected chi connectivity index (χ2v) is 4.75. The summed E-state index contributed by atoms with van der Waals surface area (Å²) < 4.78 is 13.5. The SMILES string of the molecule is O=C(O)[C@H]1C[C@@H]1C(=O)Nc1cc(F)ccc1Br. The Morgan fingerprint density at radius 1 is 1.41 bits per heavy atom. The number of carboxylic acids is 1. The molecule has 0 radical (unpaired) electrons. The molecule has 1 fully saturated rings. The van der Waals surface area contributed by atoms with Crippen LogP contribution in [0, 0.1) is 17.7 Å². The average molecular weight is 302 g/mol. The van der Waals surface area contributed by atoms with Gasteiger partial charge in [0.15, 0.2) is 0 Å². The number of benzene rings is 1. The molecule has 4 nitrogen and oxygen atoms in total. The quantitative estimate of drug-likeness (QED) is 0.900. The van der Waals surface area contributed by atoms with E-state index in [-0.39, 0.29) is 5.91 Å². The van der Waals surface area contributed by atoms with Gasteiger partial charge in [-0.15, -0.1) is 0 Å². The van der Waals surface area contributed by atoms with E-state index in [0.29, 0.717) is 16.6 Å². The molecule has 2 N–H and O–H groups in total. The zero-order valence-electron chi connectivity index (χ0n) is 8.61. The molecular weight excluding hydrogens is 293 g/mol. The van der Waals surface area contributed by atoms with Crippen molar-refractivity contribution in [2.24, 2.45) is 11.8 Å². The van der Waals surface area contributed by atoms with Gasteiger partial charge in [0.1, 0.15) is 5.82 Å². The molecule has 0 aliphatic heterocycles. The van der Waals surface area contributed by atoms with E-state index < -0.39 is 23.6 Å². The Morgan fingerprint density at radius 3 is 2.71 bits per heavy atom. The van der Waals surface area contributed by atoms with Crippen molar-refractivity contribution < 1.29 is 19.1 Å². The summed E-state index contributed by atoms with van der Waals surface area (Å²) in [5.41, 5.74) is 0.311. The monoisotopic (exact) mass is 301 g/mol. The number of halogens is 2. The van der Waals surface area contributed by atoms with Crippen LogP contribution in [0.4, 0.5) is 10.1 Å². The van der Waals surface area contributed by atoms with E-state index in [4.69, 9.17) is 5.11 Å². The average Bonchev–Trinajstić information content (AvgIpc) is 3.03. The summed E-state index contributed by atoms with van der Waals surface area (Å²) in [7, 11) is 0. The van der Waals surface area contributed by atoms with Crippen molar-refractivity contribution >= 4 is 33.5 Å². The Bertz CT molecular complexity index is 492. The first-order valence-corrected chi connectivity index (χ1v) is 5.77. The highest BCUT2D eigenvalue weighted by Gasteiger charge is 2.48. The summed E-state index contributed by atoms with van der Waals surface area (Å²) in [5, 5.41) is 11.2. The van der Waals surface area contributed by atoms with Gasteiger partial charge in [0.05, 0.1) is 17.5 Å². The van der Waals surface area contributed by atoms with Gasteiger partial charge in [-0.1, -0.05) is 0 Å². The molecule has 1 aliphatic rings. The molecule has 0 aromatic heterocycles. The number of carboxylic acid groups (broad SMARTS) is 1. The Morgan fingerprint density at radius 2 is 2.12 bits per heavy atom. The molecule has 0 heterocycles. The molecule has 1 amide bonds. The molecule has 0 spiro atoms. The molecular formula is C11H9BrFNO3. The van der Waals surface area contributed by atoms with Crippen molar-refractivity contribution in [1.29, 1.82) is 0 Å². The molecule has 1 saturated carbocycles. The minimum Gasteiger partial charge on any atom is -0.481 e. The fourth-order valence-electron chi connectivity index (χ4n) is 1.58. The third kappa shape index (κ3) is 2.63. The maximum atomic E-state index is 13.0. The third-order valence-corrected chi connectivity index (χ3v) is 3.32. The number of aliphatic carboxylic acids is 1. The van der Waals surface area contributed by atoms with Crippen LogP contribution in [0.3, 0.4) is 0 Å². The molecule has 0 unspecified atom stereocenters. The second-order valence-electron chi connectivity index (χ2n) is 3.90. The maximum absolute atomic E-state index is 13.0. The van der Waals surface area contributed by atoms with Crippen molar-refractivity contribution in [2.45, 2.75) is 6.42 Å². The Kier molecular flexibility index (Phi) is 3.15. The Balaban J connectivity index is 2.04. The largest absolute Gasteiger partial charge is 0.481 e. The van der Waals surface area contributed by atoms with Gasteiger partial charge in [-0.2, -0.15) is 0 Å². The summed E-state index contributed by atoms with van der Waals surface area (Å²) in [5.74, 6) is -2.94. The number of nitrogens with one attached hydrogen (secondary N) is 1. The van der Waals surface area contributed by atoms with E-state index in [9.17, 15) is 14.0 Å². The summed E-state index contributed by atoms with van der Waals surface area (Å²) in [6.07, 6.45) is 0.341. The van der Waals surface area contributed by atoms with Gasteiger partial charge >= 0.3 is 5.97 Å². The molecule has 6 heteroatoms. The highest BCUT2D eigenvalue weighted by molar-refractivity contribution is 9.10. The minimum absolute atomic E-state index is 0.311. The van der Waals surface area contributed by atoms with Gasteiger partial charge in [-0.25, -0.2) is 4.39 Å². The van der Waals surface area contributed by atoms with Gasteiger partial charge in [0.2, 0.25) is 5.91 Å². The van der Waals surface area contributed by atoms with Crippen LogP contribution in [-0.2, 0) is 9.59 Å². The smallest absolute Gasteiger partial charge is 0.307 e. The van der Waals surface area contributed by atoms with Crippen molar-refractivity contribution in [2.75, 3.05) is 5.32 Å². The van der Waals surface area contributed by atoms with Gasteiger partial charge in [0, 0.05) is 4.47 Å². The van der Waals surface area contributed by atoms with Crippen LogP contribution in [0.1, 0.15) is 6.42 Å².